The highest BCUT2D eigenvalue weighted by Gasteiger charge is 2.38. The lowest BCUT2D eigenvalue weighted by atomic mass is 10.0. The number of benzene rings is 1. The molecule has 0 aliphatic carbocycles. The molecular formula is C18H17ClF4N4O2. The van der Waals surface area contributed by atoms with Gasteiger partial charge in [-0.25, -0.2) is 13.9 Å². The summed E-state index contributed by atoms with van der Waals surface area (Å²) in [7, 11) is 0. The quantitative estimate of drug-likeness (QED) is 0.701. The number of fused-ring (bicyclic) bond motifs is 1. The molecule has 1 atom stereocenters. The minimum absolute atomic E-state index is 0.0254. The van der Waals surface area contributed by atoms with E-state index in [0.29, 0.717) is 30.7 Å². The van der Waals surface area contributed by atoms with E-state index in [1.165, 1.54) is 15.5 Å². The van der Waals surface area contributed by atoms with Crippen LogP contribution in [-0.2, 0) is 23.9 Å². The molecule has 0 N–H and O–H groups in total. The number of hydrogen-bond acceptors (Lipinski definition) is 3. The SMILES string of the molecule is O=C([C@@H]1CCCc2nn(Cc3ccc(C(F)(F)F)c(Cl)c3)c(=O)n21)N1CC(F)C1. The predicted octanol–water partition coefficient (Wildman–Crippen LogP) is 2.82. The number of carbonyl (C=O) groups is 1. The van der Waals surface area contributed by atoms with Crippen molar-refractivity contribution in [3.8, 4) is 0 Å². The highest BCUT2D eigenvalue weighted by Crippen LogP contribution is 2.35. The van der Waals surface area contributed by atoms with Crippen molar-refractivity contribution >= 4 is 17.5 Å². The van der Waals surface area contributed by atoms with Crippen LogP contribution in [0.25, 0.3) is 0 Å². The average Bonchev–Trinajstić information content (AvgIpc) is 2.93. The molecule has 1 fully saturated rings. The summed E-state index contributed by atoms with van der Waals surface area (Å²) in [6.07, 6.45) is -3.98. The summed E-state index contributed by atoms with van der Waals surface area (Å²) in [5, 5.41) is 3.79. The largest absolute Gasteiger partial charge is 0.417 e. The smallest absolute Gasteiger partial charge is 0.335 e. The van der Waals surface area contributed by atoms with Crippen molar-refractivity contribution in [1.82, 2.24) is 19.2 Å². The molecule has 2 aliphatic heterocycles. The van der Waals surface area contributed by atoms with Crippen molar-refractivity contribution in [2.24, 2.45) is 0 Å². The molecule has 11 heteroatoms. The molecule has 0 bridgehead atoms. The molecular weight excluding hydrogens is 416 g/mol. The summed E-state index contributed by atoms with van der Waals surface area (Å²) < 4.78 is 54.1. The van der Waals surface area contributed by atoms with Crippen LogP contribution in [0.15, 0.2) is 23.0 Å². The first-order valence-corrected chi connectivity index (χ1v) is 9.49. The van der Waals surface area contributed by atoms with E-state index < -0.39 is 34.7 Å². The van der Waals surface area contributed by atoms with Gasteiger partial charge >= 0.3 is 11.9 Å². The zero-order valence-corrected chi connectivity index (χ0v) is 15.9. The van der Waals surface area contributed by atoms with Crippen LogP contribution in [0.3, 0.4) is 0 Å². The van der Waals surface area contributed by atoms with Gasteiger partial charge in [-0.2, -0.15) is 18.3 Å². The van der Waals surface area contributed by atoms with Gasteiger partial charge in [-0.05, 0) is 30.5 Å². The first-order chi connectivity index (χ1) is 13.6. The zero-order chi connectivity index (χ0) is 20.9. The number of likely N-dealkylation sites (tertiary alicyclic amines) is 1. The number of aromatic nitrogens is 3. The van der Waals surface area contributed by atoms with Gasteiger partial charge in [-0.15, -0.1) is 0 Å². The molecule has 0 radical (unpaired) electrons. The molecule has 2 aliphatic rings. The fourth-order valence-corrected chi connectivity index (χ4v) is 4.05. The Morgan fingerprint density at radius 3 is 2.62 bits per heavy atom. The van der Waals surface area contributed by atoms with Gasteiger partial charge in [-0.1, -0.05) is 17.7 Å². The molecule has 0 spiro atoms. The molecule has 3 heterocycles. The summed E-state index contributed by atoms with van der Waals surface area (Å²) in [4.78, 5) is 26.8. The Morgan fingerprint density at radius 2 is 2.00 bits per heavy atom. The van der Waals surface area contributed by atoms with Gasteiger partial charge < -0.3 is 4.90 Å². The van der Waals surface area contributed by atoms with Gasteiger partial charge in [0, 0.05) is 6.42 Å². The minimum Gasteiger partial charge on any atom is -0.335 e. The van der Waals surface area contributed by atoms with Gasteiger partial charge in [0.1, 0.15) is 18.0 Å². The van der Waals surface area contributed by atoms with E-state index in [9.17, 15) is 27.2 Å². The van der Waals surface area contributed by atoms with E-state index >= 15 is 0 Å². The van der Waals surface area contributed by atoms with Crippen molar-refractivity contribution in [1.29, 1.82) is 0 Å². The number of amides is 1. The van der Waals surface area contributed by atoms with Crippen LogP contribution in [-0.4, -0.2) is 44.4 Å². The molecule has 1 amide bonds. The Balaban J connectivity index is 1.60. The van der Waals surface area contributed by atoms with Crippen LogP contribution in [0.1, 0.15) is 35.8 Å². The van der Waals surface area contributed by atoms with Gasteiger partial charge in [0.05, 0.1) is 30.2 Å². The lowest BCUT2D eigenvalue weighted by Crippen LogP contribution is -2.54. The molecule has 1 aromatic carbocycles. The highest BCUT2D eigenvalue weighted by atomic mass is 35.5. The highest BCUT2D eigenvalue weighted by molar-refractivity contribution is 6.31. The molecule has 1 saturated heterocycles. The lowest BCUT2D eigenvalue weighted by Gasteiger charge is -2.37. The monoisotopic (exact) mass is 432 g/mol. The number of hydrogen-bond donors (Lipinski definition) is 0. The number of aryl methyl sites for hydroxylation is 1. The Bertz CT molecular complexity index is 1010. The summed E-state index contributed by atoms with van der Waals surface area (Å²) >= 11 is 5.74. The zero-order valence-electron chi connectivity index (χ0n) is 15.1. The molecule has 156 valence electrons. The van der Waals surface area contributed by atoms with Crippen LogP contribution in [0, 0.1) is 0 Å². The maximum absolute atomic E-state index is 13.1. The summed E-state index contributed by atoms with van der Waals surface area (Å²) in [6.45, 7) is -0.0247. The van der Waals surface area contributed by atoms with E-state index in [4.69, 9.17) is 11.6 Å². The van der Waals surface area contributed by atoms with Gasteiger partial charge in [0.2, 0.25) is 5.91 Å². The number of halogens is 5. The predicted molar refractivity (Wildman–Crippen MR) is 95.5 cm³/mol. The Morgan fingerprint density at radius 1 is 1.28 bits per heavy atom. The normalized spacial score (nSPS) is 19.8. The van der Waals surface area contributed by atoms with E-state index in [1.807, 2.05) is 0 Å². The fourth-order valence-electron chi connectivity index (χ4n) is 3.74. The minimum atomic E-state index is -4.57. The van der Waals surface area contributed by atoms with Crippen molar-refractivity contribution in [3.63, 3.8) is 0 Å². The molecule has 29 heavy (non-hydrogen) atoms. The fraction of sp³-hybridized carbons (Fsp3) is 0.500. The Hall–Kier alpha value is -2.36. The van der Waals surface area contributed by atoms with E-state index in [1.54, 1.807) is 0 Å². The second-order valence-corrected chi connectivity index (χ2v) is 7.69. The molecule has 0 saturated carbocycles. The van der Waals surface area contributed by atoms with Crippen molar-refractivity contribution in [2.45, 2.75) is 44.2 Å². The maximum atomic E-state index is 13.1. The third kappa shape index (κ3) is 3.65. The number of alkyl halides is 4. The standard InChI is InChI=1S/C18H17ClF4N4O2/c19-13-6-10(4-5-12(13)18(21,22)23)7-26-17(29)27-14(2-1-3-15(27)24-26)16(28)25-8-11(20)9-25/h4-6,11,14H,1-3,7-9H2/t14-/m0/s1. The van der Waals surface area contributed by atoms with E-state index in [-0.39, 0.29) is 25.5 Å². The molecule has 0 unspecified atom stereocenters. The Kier molecular flexibility index (Phi) is 4.92. The second kappa shape index (κ2) is 7.16. The van der Waals surface area contributed by atoms with Gasteiger partial charge in [-0.3, -0.25) is 9.36 Å². The van der Waals surface area contributed by atoms with E-state index in [2.05, 4.69) is 5.10 Å². The molecule has 4 rings (SSSR count). The van der Waals surface area contributed by atoms with Crippen LogP contribution in [0.5, 0.6) is 0 Å². The second-order valence-electron chi connectivity index (χ2n) is 7.29. The van der Waals surface area contributed by atoms with Crippen molar-refractivity contribution < 1.29 is 22.4 Å². The van der Waals surface area contributed by atoms with Crippen molar-refractivity contribution in [3.05, 3.63) is 50.7 Å². The number of carbonyl (C=O) groups excluding carboxylic acids is 1. The molecule has 2 aromatic rings. The third-order valence-corrected chi connectivity index (χ3v) is 5.55. The first kappa shape index (κ1) is 19.9. The maximum Gasteiger partial charge on any atom is 0.417 e. The van der Waals surface area contributed by atoms with Crippen LogP contribution < -0.4 is 5.69 Å². The molecule has 6 nitrogen and oxygen atoms in total. The first-order valence-electron chi connectivity index (χ1n) is 9.12. The van der Waals surface area contributed by atoms with Crippen molar-refractivity contribution in [2.75, 3.05) is 13.1 Å². The van der Waals surface area contributed by atoms with Gasteiger partial charge in [0.15, 0.2) is 0 Å². The summed E-state index contributed by atoms with van der Waals surface area (Å²) in [5.41, 5.74) is -1.09. The topological polar surface area (TPSA) is 60.1 Å². The number of rotatable bonds is 3. The third-order valence-electron chi connectivity index (χ3n) is 5.24. The van der Waals surface area contributed by atoms with Crippen LogP contribution in [0.2, 0.25) is 5.02 Å². The molecule has 1 aromatic heterocycles. The summed E-state index contributed by atoms with van der Waals surface area (Å²) in [5.74, 6) is 0.133. The van der Waals surface area contributed by atoms with E-state index in [0.717, 1.165) is 16.8 Å². The Labute approximate surface area is 167 Å². The number of nitrogens with zero attached hydrogens (tertiary/aromatic N) is 4. The van der Waals surface area contributed by atoms with Crippen LogP contribution in [0.4, 0.5) is 17.6 Å². The average molecular weight is 433 g/mol. The van der Waals surface area contributed by atoms with Gasteiger partial charge in [0.25, 0.3) is 0 Å². The van der Waals surface area contributed by atoms with Crippen LogP contribution >= 0.6 is 11.6 Å². The lowest BCUT2D eigenvalue weighted by molar-refractivity contribution is -0.142. The summed E-state index contributed by atoms with van der Waals surface area (Å²) in [6, 6.07) is 2.52.